The van der Waals surface area contributed by atoms with Crippen molar-refractivity contribution in [2.24, 2.45) is 0 Å². The summed E-state index contributed by atoms with van der Waals surface area (Å²) in [5, 5.41) is 0. The van der Waals surface area contributed by atoms with Crippen LogP contribution in [0.4, 0.5) is 0 Å². The predicted molar refractivity (Wildman–Crippen MR) is 93.7 cm³/mol. The maximum Gasteiger partial charge on any atom is 0.434 e. The van der Waals surface area contributed by atoms with Crippen molar-refractivity contribution in [3.63, 3.8) is 0 Å². The molecule has 0 saturated carbocycles. The number of benzene rings is 2. The lowest BCUT2D eigenvalue weighted by molar-refractivity contribution is 0.0750. The van der Waals surface area contributed by atoms with Crippen molar-refractivity contribution in [3.05, 3.63) is 71.8 Å². The van der Waals surface area contributed by atoms with Gasteiger partial charge in [-0.05, 0) is 24.0 Å². The van der Waals surface area contributed by atoms with Crippen molar-refractivity contribution < 1.29 is 17.0 Å². The van der Waals surface area contributed by atoms with Crippen LogP contribution in [0.25, 0.3) is 0 Å². The largest absolute Gasteiger partial charge is 0.434 e. The van der Waals surface area contributed by atoms with E-state index in [9.17, 15) is 8.42 Å². The molecule has 2 aromatic rings. The first-order valence-corrected chi connectivity index (χ1v) is 9.14. The molecule has 0 spiro atoms. The third kappa shape index (κ3) is 8.70. The topological polar surface area (TPSA) is 101 Å². The summed E-state index contributed by atoms with van der Waals surface area (Å²) in [6.45, 7) is 0.977. The Labute approximate surface area is 147 Å². The number of nitrogens with one attached hydrogen (secondary N) is 4. The summed E-state index contributed by atoms with van der Waals surface area (Å²) in [6, 6.07) is 19.5. The second-order valence-electron chi connectivity index (χ2n) is 5.10. The Morgan fingerprint density at radius 2 is 1.08 bits per heavy atom. The molecule has 25 heavy (non-hydrogen) atoms. The zero-order chi connectivity index (χ0) is 17.8. The van der Waals surface area contributed by atoms with E-state index in [1.807, 2.05) is 60.7 Å². The molecule has 0 aliphatic carbocycles. The Bertz CT molecular complexity index is 643. The van der Waals surface area contributed by atoms with Crippen LogP contribution in [0.2, 0.25) is 0 Å². The first-order valence-electron chi connectivity index (χ1n) is 7.81. The zero-order valence-corrected chi connectivity index (χ0v) is 14.5. The van der Waals surface area contributed by atoms with Gasteiger partial charge in [-0.15, -0.1) is 19.7 Å². The molecule has 4 N–H and O–H groups in total. The maximum absolute atomic E-state index is 11.4. The van der Waals surface area contributed by atoms with E-state index in [1.165, 1.54) is 0 Å². The summed E-state index contributed by atoms with van der Waals surface area (Å²) in [5.41, 5.74) is 11.8. The van der Waals surface area contributed by atoms with Crippen LogP contribution >= 0.6 is 0 Å². The van der Waals surface area contributed by atoms with Gasteiger partial charge in [-0.25, -0.2) is 10.9 Å². The van der Waals surface area contributed by atoms with Crippen LogP contribution in [0, 0.1) is 0 Å². The molecule has 2 rings (SSSR count). The second kappa shape index (κ2) is 10.9. The molecule has 0 amide bonds. The standard InChI is InChI=1S/C16H22N4O4S/c21-25(22,23-19-17-13-11-15-7-3-1-4-8-15)24-20-18-14-12-16-9-5-2-6-10-16/h1-10,17-20H,11-14H2. The van der Waals surface area contributed by atoms with E-state index in [0.717, 1.165) is 24.0 Å². The molecule has 0 aromatic heterocycles. The fraction of sp³-hybridized carbons (Fsp3) is 0.250. The van der Waals surface area contributed by atoms with Crippen molar-refractivity contribution in [2.45, 2.75) is 12.8 Å². The summed E-state index contributed by atoms with van der Waals surface area (Å²) in [4.78, 5) is 0. The smallest absolute Gasteiger partial charge is 0.233 e. The van der Waals surface area contributed by atoms with Crippen LogP contribution < -0.4 is 22.0 Å². The monoisotopic (exact) mass is 366 g/mol. The Morgan fingerprint density at radius 3 is 1.48 bits per heavy atom. The van der Waals surface area contributed by atoms with Crippen molar-refractivity contribution in [2.75, 3.05) is 13.1 Å². The van der Waals surface area contributed by atoms with Gasteiger partial charge in [0.15, 0.2) is 0 Å². The van der Waals surface area contributed by atoms with Crippen molar-refractivity contribution in [3.8, 4) is 0 Å². The van der Waals surface area contributed by atoms with Crippen molar-refractivity contribution in [1.82, 2.24) is 22.0 Å². The fourth-order valence-electron chi connectivity index (χ4n) is 1.98. The van der Waals surface area contributed by atoms with E-state index < -0.39 is 10.4 Å². The highest BCUT2D eigenvalue weighted by Crippen LogP contribution is 1.98. The lowest BCUT2D eigenvalue weighted by Gasteiger charge is -2.09. The molecule has 0 saturated heterocycles. The number of hydrogen-bond donors (Lipinski definition) is 4. The fourth-order valence-corrected chi connectivity index (χ4v) is 2.34. The highest BCUT2D eigenvalue weighted by Gasteiger charge is 2.11. The van der Waals surface area contributed by atoms with Crippen molar-refractivity contribution >= 4 is 10.4 Å². The molecule has 0 unspecified atom stereocenters. The van der Waals surface area contributed by atoms with Gasteiger partial charge in [0.2, 0.25) is 0 Å². The third-order valence-electron chi connectivity index (χ3n) is 3.19. The zero-order valence-electron chi connectivity index (χ0n) is 13.6. The van der Waals surface area contributed by atoms with E-state index in [-0.39, 0.29) is 0 Å². The summed E-state index contributed by atoms with van der Waals surface area (Å²) in [6.07, 6.45) is 1.44. The van der Waals surface area contributed by atoms with Gasteiger partial charge >= 0.3 is 10.4 Å². The molecule has 0 radical (unpaired) electrons. The van der Waals surface area contributed by atoms with Gasteiger partial charge in [0.1, 0.15) is 0 Å². The number of rotatable bonds is 12. The Hall–Kier alpha value is -1.85. The SMILES string of the molecule is O=S(=O)(ONNCCc1ccccc1)ONNCCc1ccccc1. The minimum atomic E-state index is -4.22. The van der Waals surface area contributed by atoms with E-state index in [0.29, 0.717) is 13.1 Å². The molecule has 136 valence electrons. The van der Waals surface area contributed by atoms with E-state index in [4.69, 9.17) is 0 Å². The minimum absolute atomic E-state index is 0.488. The van der Waals surface area contributed by atoms with Crippen LogP contribution in [0.15, 0.2) is 60.7 Å². The van der Waals surface area contributed by atoms with Gasteiger partial charge in [0, 0.05) is 13.1 Å². The van der Waals surface area contributed by atoms with Crippen LogP contribution in [-0.4, -0.2) is 21.5 Å². The maximum atomic E-state index is 11.4. The highest BCUT2D eigenvalue weighted by molar-refractivity contribution is 7.81. The molecular weight excluding hydrogens is 344 g/mol. The summed E-state index contributed by atoms with van der Waals surface area (Å²) < 4.78 is 31.7. The van der Waals surface area contributed by atoms with Gasteiger partial charge in [-0.1, -0.05) is 60.7 Å². The highest BCUT2D eigenvalue weighted by atomic mass is 32.3. The average molecular weight is 366 g/mol. The van der Waals surface area contributed by atoms with Crippen LogP contribution in [-0.2, 0) is 31.8 Å². The van der Waals surface area contributed by atoms with Gasteiger partial charge in [0.05, 0.1) is 0 Å². The first-order chi connectivity index (χ1) is 12.2. The average Bonchev–Trinajstić information content (AvgIpc) is 2.63. The lowest BCUT2D eigenvalue weighted by Crippen LogP contribution is -2.40. The minimum Gasteiger partial charge on any atom is -0.233 e. The molecule has 0 atom stereocenters. The third-order valence-corrected chi connectivity index (χ3v) is 3.77. The van der Waals surface area contributed by atoms with E-state index in [2.05, 4.69) is 30.6 Å². The van der Waals surface area contributed by atoms with E-state index >= 15 is 0 Å². The molecule has 0 aliphatic rings. The molecule has 9 heteroatoms. The Morgan fingerprint density at radius 1 is 0.680 bits per heavy atom. The van der Waals surface area contributed by atoms with Crippen molar-refractivity contribution in [1.29, 1.82) is 0 Å². The molecular formula is C16H22N4O4S. The first kappa shape index (κ1) is 19.5. The number of hydrazine groups is 2. The Kier molecular flexibility index (Phi) is 8.49. The molecule has 0 bridgehead atoms. The molecule has 0 aliphatic heterocycles. The van der Waals surface area contributed by atoms with E-state index in [1.54, 1.807) is 0 Å². The quantitative estimate of drug-likeness (QED) is 0.323. The molecule has 8 nitrogen and oxygen atoms in total. The second-order valence-corrected chi connectivity index (χ2v) is 6.25. The molecule has 0 fully saturated rings. The van der Waals surface area contributed by atoms with Gasteiger partial charge in [0.25, 0.3) is 0 Å². The molecule has 2 aromatic carbocycles. The summed E-state index contributed by atoms with van der Waals surface area (Å²) in [7, 11) is -4.22. The van der Waals surface area contributed by atoms with Crippen LogP contribution in [0.3, 0.4) is 0 Å². The van der Waals surface area contributed by atoms with Gasteiger partial charge in [-0.3, -0.25) is 0 Å². The van der Waals surface area contributed by atoms with Gasteiger partial charge in [-0.2, -0.15) is 8.42 Å². The normalized spacial score (nSPS) is 11.5. The molecule has 0 heterocycles. The summed E-state index contributed by atoms with van der Waals surface area (Å²) in [5.74, 6) is 0. The lowest BCUT2D eigenvalue weighted by atomic mass is 10.2. The predicted octanol–water partition coefficient (Wildman–Crippen LogP) is 0.768. The van der Waals surface area contributed by atoms with Crippen LogP contribution in [0.5, 0.6) is 0 Å². The Balaban J connectivity index is 1.51. The van der Waals surface area contributed by atoms with Crippen LogP contribution in [0.1, 0.15) is 11.1 Å². The van der Waals surface area contributed by atoms with Gasteiger partial charge < -0.3 is 0 Å². The number of hydrogen-bond acceptors (Lipinski definition) is 8. The summed E-state index contributed by atoms with van der Waals surface area (Å²) >= 11 is 0.